The molecule has 2 aromatic heterocycles. The standard InChI is InChI=1S/C12H17N7O/c1-7-10(8(2)15-14-7)6-13-12(20)9-4-3-5-19-11(9)16-17-18-19/h3-5,7-8,10,14-15H,6H2,1-2H3,(H,13,20). The van der Waals surface area contributed by atoms with Gasteiger partial charge in [0.2, 0.25) is 0 Å². The number of carbonyl (C=O) groups is 1. The molecule has 1 saturated heterocycles. The summed E-state index contributed by atoms with van der Waals surface area (Å²) in [5.41, 5.74) is 7.29. The number of hydrogen-bond acceptors (Lipinski definition) is 6. The van der Waals surface area contributed by atoms with E-state index in [2.05, 4.69) is 45.5 Å². The maximum atomic E-state index is 12.3. The molecule has 3 rings (SSSR count). The summed E-state index contributed by atoms with van der Waals surface area (Å²) in [5, 5.41) is 14.2. The number of tetrazole rings is 1. The summed E-state index contributed by atoms with van der Waals surface area (Å²) in [6.45, 7) is 4.79. The summed E-state index contributed by atoms with van der Waals surface area (Å²) in [7, 11) is 0. The van der Waals surface area contributed by atoms with Crippen molar-refractivity contribution in [3.8, 4) is 0 Å². The third-order valence-electron chi connectivity index (χ3n) is 3.79. The first-order valence-electron chi connectivity index (χ1n) is 6.63. The van der Waals surface area contributed by atoms with Crippen molar-refractivity contribution in [3.63, 3.8) is 0 Å². The van der Waals surface area contributed by atoms with Crippen LogP contribution in [0, 0.1) is 5.92 Å². The number of pyridine rings is 1. The first-order valence-corrected chi connectivity index (χ1v) is 6.63. The quantitative estimate of drug-likeness (QED) is 0.689. The van der Waals surface area contributed by atoms with E-state index in [1.807, 2.05) is 0 Å². The fourth-order valence-electron chi connectivity index (χ4n) is 2.51. The smallest absolute Gasteiger partial charge is 0.255 e. The van der Waals surface area contributed by atoms with Crippen molar-refractivity contribution in [2.24, 2.45) is 5.92 Å². The SMILES string of the molecule is CC1NNC(C)C1CNC(=O)c1cccn2nnnc12. The van der Waals surface area contributed by atoms with Crippen LogP contribution in [0.25, 0.3) is 5.65 Å². The molecule has 8 nitrogen and oxygen atoms in total. The first-order chi connectivity index (χ1) is 9.66. The summed E-state index contributed by atoms with van der Waals surface area (Å²) in [6, 6.07) is 4.10. The highest BCUT2D eigenvalue weighted by molar-refractivity contribution is 5.99. The number of hydrazine groups is 1. The maximum absolute atomic E-state index is 12.3. The van der Waals surface area contributed by atoms with Gasteiger partial charge in [0, 0.05) is 30.7 Å². The summed E-state index contributed by atoms with van der Waals surface area (Å²) in [4.78, 5) is 12.3. The number of fused-ring (bicyclic) bond motifs is 1. The molecule has 0 spiro atoms. The van der Waals surface area contributed by atoms with Crippen molar-refractivity contribution in [2.75, 3.05) is 6.54 Å². The van der Waals surface area contributed by atoms with Gasteiger partial charge >= 0.3 is 0 Å². The van der Waals surface area contributed by atoms with Crippen molar-refractivity contribution in [1.29, 1.82) is 0 Å². The Labute approximate surface area is 115 Å². The van der Waals surface area contributed by atoms with Crippen molar-refractivity contribution in [1.82, 2.24) is 36.2 Å². The number of aromatic nitrogens is 4. The minimum absolute atomic E-state index is 0.156. The average Bonchev–Trinajstić information content (AvgIpc) is 3.03. The van der Waals surface area contributed by atoms with E-state index in [0.29, 0.717) is 35.8 Å². The monoisotopic (exact) mass is 275 g/mol. The van der Waals surface area contributed by atoms with Crippen LogP contribution in [0.1, 0.15) is 24.2 Å². The molecule has 2 unspecified atom stereocenters. The summed E-state index contributed by atoms with van der Waals surface area (Å²) in [5.74, 6) is 0.186. The molecule has 0 saturated carbocycles. The fourth-order valence-corrected chi connectivity index (χ4v) is 2.51. The number of rotatable bonds is 3. The van der Waals surface area contributed by atoms with E-state index in [-0.39, 0.29) is 5.91 Å². The van der Waals surface area contributed by atoms with Gasteiger partial charge in [0.25, 0.3) is 5.91 Å². The number of hydrogen-bond donors (Lipinski definition) is 3. The topological polar surface area (TPSA) is 96.2 Å². The molecule has 0 aliphatic carbocycles. The number of nitrogens with zero attached hydrogens (tertiary/aromatic N) is 4. The molecule has 1 amide bonds. The van der Waals surface area contributed by atoms with E-state index in [1.165, 1.54) is 4.52 Å². The lowest BCUT2D eigenvalue weighted by atomic mass is 9.96. The zero-order valence-corrected chi connectivity index (χ0v) is 11.4. The van der Waals surface area contributed by atoms with Crippen LogP contribution in [0.3, 0.4) is 0 Å². The minimum atomic E-state index is -0.156. The molecular weight excluding hydrogens is 258 g/mol. The highest BCUT2D eigenvalue weighted by Crippen LogP contribution is 2.13. The van der Waals surface area contributed by atoms with Gasteiger partial charge in [-0.15, -0.1) is 5.10 Å². The van der Waals surface area contributed by atoms with Gasteiger partial charge in [-0.05, 0) is 36.4 Å². The second-order valence-corrected chi connectivity index (χ2v) is 5.11. The lowest BCUT2D eigenvalue weighted by molar-refractivity contribution is 0.0946. The number of amides is 1. The zero-order valence-electron chi connectivity index (χ0n) is 11.4. The molecule has 0 bridgehead atoms. The highest BCUT2D eigenvalue weighted by atomic mass is 16.1. The number of carbonyl (C=O) groups excluding carboxylic acids is 1. The molecule has 1 fully saturated rings. The number of nitrogens with one attached hydrogen (secondary N) is 3. The second kappa shape index (κ2) is 5.14. The van der Waals surface area contributed by atoms with Crippen LogP contribution >= 0.6 is 0 Å². The molecule has 1 aliphatic rings. The first kappa shape index (κ1) is 12.9. The molecular formula is C12H17N7O. The predicted molar refractivity (Wildman–Crippen MR) is 71.8 cm³/mol. The molecule has 3 heterocycles. The van der Waals surface area contributed by atoms with Gasteiger partial charge in [-0.3, -0.25) is 15.6 Å². The van der Waals surface area contributed by atoms with Gasteiger partial charge in [-0.2, -0.15) is 4.52 Å². The van der Waals surface area contributed by atoms with Crippen molar-refractivity contribution in [3.05, 3.63) is 23.9 Å². The van der Waals surface area contributed by atoms with E-state index in [0.717, 1.165) is 0 Å². The van der Waals surface area contributed by atoms with E-state index in [1.54, 1.807) is 18.3 Å². The van der Waals surface area contributed by atoms with E-state index < -0.39 is 0 Å². The van der Waals surface area contributed by atoms with Gasteiger partial charge in [0.05, 0.1) is 5.56 Å². The lowest BCUT2D eigenvalue weighted by Gasteiger charge is -2.18. The van der Waals surface area contributed by atoms with Crippen LogP contribution in [0.4, 0.5) is 0 Å². The molecule has 2 atom stereocenters. The predicted octanol–water partition coefficient (Wildman–Crippen LogP) is -0.645. The van der Waals surface area contributed by atoms with Crippen LogP contribution in [-0.2, 0) is 0 Å². The largest absolute Gasteiger partial charge is 0.352 e. The van der Waals surface area contributed by atoms with Crippen LogP contribution in [-0.4, -0.2) is 44.6 Å². The Bertz CT molecular complexity index is 615. The Kier molecular flexibility index (Phi) is 3.33. The van der Waals surface area contributed by atoms with E-state index in [9.17, 15) is 4.79 Å². The molecule has 106 valence electrons. The zero-order chi connectivity index (χ0) is 14.1. The molecule has 2 aromatic rings. The van der Waals surface area contributed by atoms with Crippen molar-refractivity contribution >= 4 is 11.6 Å². The normalized spacial score (nSPS) is 26.0. The Hall–Kier alpha value is -2.06. The lowest BCUT2D eigenvalue weighted by Crippen LogP contribution is -2.37. The fraction of sp³-hybridized carbons (Fsp3) is 0.500. The Balaban J connectivity index is 1.72. The van der Waals surface area contributed by atoms with E-state index >= 15 is 0 Å². The van der Waals surface area contributed by atoms with Crippen LogP contribution in [0.2, 0.25) is 0 Å². The van der Waals surface area contributed by atoms with Gasteiger partial charge in [0.15, 0.2) is 5.65 Å². The summed E-state index contributed by atoms with van der Waals surface area (Å²) >= 11 is 0. The van der Waals surface area contributed by atoms with Crippen molar-refractivity contribution in [2.45, 2.75) is 25.9 Å². The summed E-state index contributed by atoms with van der Waals surface area (Å²) < 4.78 is 1.48. The van der Waals surface area contributed by atoms with Crippen LogP contribution < -0.4 is 16.2 Å². The molecule has 3 N–H and O–H groups in total. The second-order valence-electron chi connectivity index (χ2n) is 5.11. The Morgan fingerprint density at radius 3 is 2.90 bits per heavy atom. The Morgan fingerprint density at radius 1 is 1.40 bits per heavy atom. The average molecular weight is 275 g/mol. The molecule has 0 aromatic carbocycles. The maximum Gasteiger partial charge on any atom is 0.255 e. The van der Waals surface area contributed by atoms with Gasteiger partial charge in [-0.1, -0.05) is 0 Å². The summed E-state index contributed by atoms with van der Waals surface area (Å²) in [6.07, 6.45) is 1.71. The third kappa shape index (κ3) is 2.23. The molecule has 8 heteroatoms. The van der Waals surface area contributed by atoms with Crippen molar-refractivity contribution < 1.29 is 4.79 Å². The molecule has 0 radical (unpaired) electrons. The minimum Gasteiger partial charge on any atom is -0.352 e. The molecule has 1 aliphatic heterocycles. The van der Waals surface area contributed by atoms with Crippen LogP contribution in [0.15, 0.2) is 18.3 Å². The molecule has 20 heavy (non-hydrogen) atoms. The highest BCUT2D eigenvalue weighted by Gasteiger charge is 2.30. The van der Waals surface area contributed by atoms with Gasteiger partial charge in [-0.25, -0.2) is 0 Å². The van der Waals surface area contributed by atoms with Crippen LogP contribution in [0.5, 0.6) is 0 Å². The van der Waals surface area contributed by atoms with E-state index in [4.69, 9.17) is 0 Å². The van der Waals surface area contributed by atoms with Gasteiger partial charge < -0.3 is 5.32 Å². The third-order valence-corrected chi connectivity index (χ3v) is 3.79. The van der Waals surface area contributed by atoms with Gasteiger partial charge in [0.1, 0.15) is 0 Å². The Morgan fingerprint density at radius 2 is 2.15 bits per heavy atom.